The Balaban J connectivity index is 1.81. The molecule has 1 amide bonds. The van der Waals surface area contributed by atoms with Crippen molar-refractivity contribution in [1.82, 2.24) is 10.1 Å². The molecule has 2 aliphatic rings. The largest absolute Gasteiger partial charge is 0.359 e. The Labute approximate surface area is 113 Å². The summed E-state index contributed by atoms with van der Waals surface area (Å²) < 4.78 is 5.33. The van der Waals surface area contributed by atoms with E-state index >= 15 is 0 Å². The molecule has 0 spiro atoms. The molecule has 0 radical (unpaired) electrons. The Morgan fingerprint density at radius 2 is 2.26 bits per heavy atom. The van der Waals surface area contributed by atoms with Crippen molar-refractivity contribution in [2.45, 2.75) is 51.1 Å². The normalized spacial score (nSPS) is 26.5. The van der Waals surface area contributed by atoms with E-state index in [2.05, 4.69) is 5.16 Å². The Kier molecular flexibility index (Phi) is 2.89. The van der Waals surface area contributed by atoms with Gasteiger partial charge in [-0.15, -0.1) is 0 Å². The Hall–Kier alpha value is -1.36. The number of carbonyl (C=O) groups excluding carboxylic acids is 1. The summed E-state index contributed by atoms with van der Waals surface area (Å²) in [7, 11) is 0. The van der Waals surface area contributed by atoms with Crippen molar-refractivity contribution in [1.29, 1.82) is 0 Å². The van der Waals surface area contributed by atoms with Gasteiger partial charge in [-0.3, -0.25) is 4.79 Å². The number of rotatable bonds is 3. The van der Waals surface area contributed by atoms with E-state index < -0.39 is 5.54 Å². The lowest BCUT2D eigenvalue weighted by molar-refractivity contribution is -0.138. The molecule has 2 fully saturated rings. The van der Waals surface area contributed by atoms with Crippen LogP contribution in [0, 0.1) is 12.8 Å². The van der Waals surface area contributed by atoms with Gasteiger partial charge in [0.15, 0.2) is 5.76 Å². The SMILES string of the molecule is Cc1cc(C2CCCN2C(=O)C(C)(N)C2CC2)on1. The molecular formula is C14H21N3O2. The number of hydrogen-bond acceptors (Lipinski definition) is 4. The zero-order chi connectivity index (χ0) is 13.6. The summed E-state index contributed by atoms with van der Waals surface area (Å²) in [6, 6.07) is 1.93. The molecule has 3 rings (SSSR count). The van der Waals surface area contributed by atoms with Crippen LogP contribution in [-0.2, 0) is 4.79 Å². The predicted molar refractivity (Wildman–Crippen MR) is 70.2 cm³/mol. The summed E-state index contributed by atoms with van der Waals surface area (Å²) in [5, 5.41) is 3.92. The zero-order valence-electron chi connectivity index (χ0n) is 11.6. The van der Waals surface area contributed by atoms with Gasteiger partial charge in [0.25, 0.3) is 0 Å². The topological polar surface area (TPSA) is 72.4 Å². The molecule has 0 bridgehead atoms. The van der Waals surface area contributed by atoms with Crippen molar-refractivity contribution in [2.24, 2.45) is 11.7 Å². The number of aryl methyl sites for hydroxylation is 1. The van der Waals surface area contributed by atoms with Gasteiger partial charge in [-0.2, -0.15) is 0 Å². The molecule has 0 aromatic carbocycles. The van der Waals surface area contributed by atoms with E-state index in [-0.39, 0.29) is 11.9 Å². The highest BCUT2D eigenvalue weighted by molar-refractivity contribution is 5.87. The van der Waals surface area contributed by atoms with Crippen LogP contribution >= 0.6 is 0 Å². The van der Waals surface area contributed by atoms with Gasteiger partial charge in [-0.1, -0.05) is 5.16 Å². The first kappa shape index (κ1) is 12.7. The van der Waals surface area contributed by atoms with Gasteiger partial charge in [0.05, 0.1) is 17.3 Å². The molecule has 1 aromatic heterocycles. The van der Waals surface area contributed by atoms with E-state index in [9.17, 15) is 4.79 Å². The van der Waals surface area contributed by atoms with Crippen molar-refractivity contribution in [2.75, 3.05) is 6.54 Å². The molecule has 1 saturated heterocycles. The van der Waals surface area contributed by atoms with Gasteiger partial charge in [-0.25, -0.2) is 0 Å². The number of nitrogens with zero attached hydrogens (tertiary/aromatic N) is 2. The minimum Gasteiger partial charge on any atom is -0.359 e. The van der Waals surface area contributed by atoms with Crippen LogP contribution in [0.1, 0.15) is 50.1 Å². The number of likely N-dealkylation sites (tertiary alicyclic amines) is 1. The molecule has 2 unspecified atom stereocenters. The summed E-state index contributed by atoms with van der Waals surface area (Å²) in [6.45, 7) is 4.53. The third kappa shape index (κ3) is 2.16. The first-order valence-corrected chi connectivity index (χ1v) is 7.03. The molecule has 1 aliphatic heterocycles. The zero-order valence-corrected chi connectivity index (χ0v) is 11.6. The van der Waals surface area contributed by atoms with E-state index in [0.717, 1.165) is 43.7 Å². The van der Waals surface area contributed by atoms with Crippen LogP contribution in [0.15, 0.2) is 10.6 Å². The molecule has 2 atom stereocenters. The number of amides is 1. The summed E-state index contributed by atoms with van der Waals surface area (Å²) in [5.74, 6) is 1.19. The lowest BCUT2D eigenvalue weighted by Gasteiger charge is -2.32. The highest BCUT2D eigenvalue weighted by atomic mass is 16.5. The van der Waals surface area contributed by atoms with Crippen molar-refractivity contribution in [3.63, 3.8) is 0 Å². The molecule has 5 nitrogen and oxygen atoms in total. The minimum atomic E-state index is -0.725. The summed E-state index contributed by atoms with van der Waals surface area (Å²) >= 11 is 0. The van der Waals surface area contributed by atoms with Crippen LogP contribution in [0.5, 0.6) is 0 Å². The Bertz CT molecular complexity index is 491. The fourth-order valence-corrected chi connectivity index (χ4v) is 3.01. The molecule has 5 heteroatoms. The monoisotopic (exact) mass is 263 g/mol. The van der Waals surface area contributed by atoms with E-state index in [1.165, 1.54) is 0 Å². The third-order valence-electron chi connectivity index (χ3n) is 4.37. The first-order valence-electron chi connectivity index (χ1n) is 7.03. The standard InChI is InChI=1S/C14H21N3O2/c1-9-8-12(19-16-9)11-4-3-7-17(11)13(18)14(2,15)10-5-6-10/h8,10-11H,3-7,15H2,1-2H3. The summed E-state index contributed by atoms with van der Waals surface area (Å²) in [6.07, 6.45) is 4.06. The first-order chi connectivity index (χ1) is 9.00. The van der Waals surface area contributed by atoms with E-state index in [0.29, 0.717) is 5.92 Å². The number of hydrogen-bond donors (Lipinski definition) is 1. The second-order valence-electron chi connectivity index (χ2n) is 6.08. The lowest BCUT2D eigenvalue weighted by Crippen LogP contribution is -2.54. The third-order valence-corrected chi connectivity index (χ3v) is 4.37. The second-order valence-corrected chi connectivity index (χ2v) is 6.08. The highest BCUT2D eigenvalue weighted by Gasteiger charge is 2.48. The van der Waals surface area contributed by atoms with Crippen LogP contribution in [0.3, 0.4) is 0 Å². The molecule has 1 saturated carbocycles. The van der Waals surface area contributed by atoms with E-state index in [1.54, 1.807) is 0 Å². The van der Waals surface area contributed by atoms with Crippen LogP contribution in [-0.4, -0.2) is 28.0 Å². The van der Waals surface area contributed by atoms with Gasteiger partial charge in [0.1, 0.15) is 0 Å². The average Bonchev–Trinajstić information content (AvgIpc) is 2.98. The van der Waals surface area contributed by atoms with Crippen molar-refractivity contribution in [3.05, 3.63) is 17.5 Å². The maximum Gasteiger partial charge on any atom is 0.243 e. The van der Waals surface area contributed by atoms with Crippen LogP contribution in [0.2, 0.25) is 0 Å². The number of aromatic nitrogens is 1. The van der Waals surface area contributed by atoms with E-state index in [4.69, 9.17) is 10.3 Å². The summed E-state index contributed by atoms with van der Waals surface area (Å²) in [4.78, 5) is 14.6. The predicted octanol–water partition coefficient (Wildman–Crippen LogP) is 1.77. The van der Waals surface area contributed by atoms with Crippen molar-refractivity contribution in [3.8, 4) is 0 Å². The van der Waals surface area contributed by atoms with E-state index in [1.807, 2.05) is 24.8 Å². The Morgan fingerprint density at radius 3 is 2.84 bits per heavy atom. The molecule has 2 N–H and O–H groups in total. The quantitative estimate of drug-likeness (QED) is 0.902. The van der Waals surface area contributed by atoms with Crippen LogP contribution in [0.4, 0.5) is 0 Å². The minimum absolute atomic E-state index is 0.00956. The number of nitrogens with two attached hydrogens (primary N) is 1. The molecule has 1 aromatic rings. The van der Waals surface area contributed by atoms with Crippen LogP contribution < -0.4 is 5.73 Å². The van der Waals surface area contributed by atoms with Crippen molar-refractivity contribution >= 4 is 5.91 Å². The smallest absolute Gasteiger partial charge is 0.243 e. The maximum absolute atomic E-state index is 12.7. The molecule has 1 aliphatic carbocycles. The van der Waals surface area contributed by atoms with Gasteiger partial charge < -0.3 is 15.2 Å². The van der Waals surface area contributed by atoms with Gasteiger partial charge in [-0.05, 0) is 45.4 Å². The maximum atomic E-state index is 12.7. The average molecular weight is 263 g/mol. The fraction of sp³-hybridized carbons (Fsp3) is 0.714. The molecule has 104 valence electrons. The number of carbonyl (C=O) groups is 1. The summed E-state index contributed by atoms with van der Waals surface area (Å²) in [5.41, 5.74) is 6.38. The molecular weight excluding hydrogens is 242 g/mol. The second kappa shape index (κ2) is 4.34. The molecule has 19 heavy (non-hydrogen) atoms. The Morgan fingerprint density at radius 1 is 1.53 bits per heavy atom. The molecule has 2 heterocycles. The fourth-order valence-electron chi connectivity index (χ4n) is 3.01. The van der Waals surface area contributed by atoms with Gasteiger partial charge in [0, 0.05) is 12.6 Å². The van der Waals surface area contributed by atoms with Crippen LogP contribution in [0.25, 0.3) is 0 Å². The highest BCUT2D eigenvalue weighted by Crippen LogP contribution is 2.41. The van der Waals surface area contributed by atoms with Gasteiger partial charge in [0.2, 0.25) is 5.91 Å². The van der Waals surface area contributed by atoms with Crippen molar-refractivity contribution < 1.29 is 9.32 Å². The van der Waals surface area contributed by atoms with Gasteiger partial charge >= 0.3 is 0 Å². The lowest BCUT2D eigenvalue weighted by atomic mass is 9.95.